The maximum absolute atomic E-state index is 11.6. The standard InChI is InChI=1S/C16H21NO6.C4H8O2/c1-2-3-14(18)22-11-6-7-21-15(9-11)23-13-5-4-10(17)8-12(13)16(19)20;1-2-3-4(5)6/h4-5,8,11,15H,2-3,6-7,9,17H2,1H3,(H,19,20);2-3H2,1H3,(H,5,6)/t11?,15-;/m0./s1. The maximum atomic E-state index is 11.6. The molecular weight excluding hydrogens is 382 g/mol. The van der Waals surface area contributed by atoms with Gasteiger partial charge in [0.25, 0.3) is 0 Å². The monoisotopic (exact) mass is 411 g/mol. The molecule has 0 aliphatic carbocycles. The van der Waals surface area contributed by atoms with Crippen LogP contribution in [-0.4, -0.2) is 47.1 Å². The molecule has 1 aliphatic rings. The molecule has 1 aromatic rings. The molecule has 2 atom stereocenters. The second-order valence-electron chi connectivity index (χ2n) is 6.51. The molecule has 4 N–H and O–H groups in total. The summed E-state index contributed by atoms with van der Waals surface area (Å²) in [4.78, 5) is 32.4. The average Bonchev–Trinajstić information content (AvgIpc) is 2.64. The van der Waals surface area contributed by atoms with Gasteiger partial charge in [0.2, 0.25) is 6.29 Å². The van der Waals surface area contributed by atoms with Crippen molar-refractivity contribution in [3.05, 3.63) is 23.8 Å². The summed E-state index contributed by atoms with van der Waals surface area (Å²) in [5, 5.41) is 17.1. The van der Waals surface area contributed by atoms with Gasteiger partial charge in [0.15, 0.2) is 0 Å². The molecule has 0 bridgehead atoms. The molecule has 1 fully saturated rings. The van der Waals surface area contributed by atoms with Crippen LogP contribution in [0.4, 0.5) is 5.69 Å². The zero-order valence-electron chi connectivity index (χ0n) is 16.8. The Morgan fingerprint density at radius 2 is 1.86 bits per heavy atom. The van der Waals surface area contributed by atoms with Crippen molar-refractivity contribution in [2.24, 2.45) is 0 Å². The van der Waals surface area contributed by atoms with Gasteiger partial charge in [-0.15, -0.1) is 0 Å². The molecule has 1 unspecified atom stereocenters. The molecule has 0 amide bonds. The van der Waals surface area contributed by atoms with Crippen molar-refractivity contribution in [2.45, 2.75) is 64.8 Å². The van der Waals surface area contributed by atoms with E-state index in [1.54, 1.807) is 6.07 Å². The van der Waals surface area contributed by atoms with Crippen LogP contribution in [0.5, 0.6) is 5.75 Å². The van der Waals surface area contributed by atoms with Crippen molar-refractivity contribution in [3.63, 3.8) is 0 Å². The number of aliphatic carboxylic acids is 1. The number of hydrogen-bond donors (Lipinski definition) is 3. The lowest BCUT2D eigenvalue weighted by atomic mass is 10.1. The minimum atomic E-state index is -1.13. The Morgan fingerprint density at radius 1 is 1.17 bits per heavy atom. The Labute approximate surface area is 169 Å². The van der Waals surface area contributed by atoms with Crippen LogP contribution in [0.15, 0.2) is 18.2 Å². The Balaban J connectivity index is 0.000000612. The number of nitrogen functional groups attached to an aromatic ring is 1. The number of carbonyl (C=O) groups excluding carboxylic acids is 1. The topological polar surface area (TPSA) is 145 Å². The molecule has 0 radical (unpaired) electrons. The molecular formula is C20H29NO8. The van der Waals surface area contributed by atoms with Crippen LogP contribution >= 0.6 is 0 Å². The summed E-state index contributed by atoms with van der Waals surface area (Å²) in [5.74, 6) is -1.90. The highest BCUT2D eigenvalue weighted by molar-refractivity contribution is 5.92. The first-order chi connectivity index (χ1) is 13.8. The fourth-order valence-corrected chi connectivity index (χ4v) is 2.54. The Kier molecular flexibility index (Phi) is 10.5. The van der Waals surface area contributed by atoms with Crippen LogP contribution < -0.4 is 10.5 Å². The lowest BCUT2D eigenvalue weighted by Crippen LogP contribution is -2.35. The van der Waals surface area contributed by atoms with Gasteiger partial charge >= 0.3 is 17.9 Å². The SMILES string of the molecule is CCCC(=O)O.CCCC(=O)OC1CCO[C@@H](Oc2ccc(N)cc2C(=O)O)C1. The molecule has 0 aromatic heterocycles. The highest BCUT2D eigenvalue weighted by Crippen LogP contribution is 2.26. The summed E-state index contributed by atoms with van der Waals surface area (Å²) >= 11 is 0. The predicted octanol–water partition coefficient (Wildman–Crippen LogP) is 3.07. The van der Waals surface area contributed by atoms with E-state index in [1.165, 1.54) is 12.1 Å². The van der Waals surface area contributed by atoms with E-state index in [4.69, 9.17) is 25.1 Å². The van der Waals surface area contributed by atoms with Gasteiger partial charge in [0.05, 0.1) is 6.61 Å². The highest BCUT2D eigenvalue weighted by Gasteiger charge is 2.27. The van der Waals surface area contributed by atoms with Crippen molar-refractivity contribution in [3.8, 4) is 5.75 Å². The molecule has 162 valence electrons. The van der Waals surface area contributed by atoms with E-state index in [2.05, 4.69) is 0 Å². The van der Waals surface area contributed by atoms with Crippen molar-refractivity contribution in [1.29, 1.82) is 0 Å². The van der Waals surface area contributed by atoms with Gasteiger partial charge < -0.3 is 30.2 Å². The summed E-state index contributed by atoms with van der Waals surface area (Å²) in [5.41, 5.74) is 5.91. The third-order valence-corrected chi connectivity index (χ3v) is 3.91. The first-order valence-corrected chi connectivity index (χ1v) is 9.59. The predicted molar refractivity (Wildman–Crippen MR) is 105 cm³/mol. The zero-order chi connectivity index (χ0) is 21.8. The molecule has 1 saturated heterocycles. The second-order valence-corrected chi connectivity index (χ2v) is 6.51. The number of nitrogens with two attached hydrogens (primary N) is 1. The minimum Gasteiger partial charge on any atom is -0.481 e. The lowest BCUT2D eigenvalue weighted by molar-refractivity contribution is -0.170. The number of carboxylic acids is 2. The van der Waals surface area contributed by atoms with Crippen molar-refractivity contribution < 1.29 is 38.8 Å². The number of esters is 1. The molecule has 2 rings (SSSR count). The Morgan fingerprint density at radius 3 is 2.41 bits per heavy atom. The second kappa shape index (κ2) is 12.6. The number of carbonyl (C=O) groups is 3. The zero-order valence-corrected chi connectivity index (χ0v) is 16.8. The lowest BCUT2D eigenvalue weighted by Gasteiger charge is -2.29. The van der Waals surface area contributed by atoms with Gasteiger partial charge in [-0.05, 0) is 31.0 Å². The average molecular weight is 411 g/mol. The van der Waals surface area contributed by atoms with E-state index in [-0.39, 0.29) is 23.4 Å². The van der Waals surface area contributed by atoms with Gasteiger partial charge in [-0.25, -0.2) is 4.79 Å². The van der Waals surface area contributed by atoms with Crippen molar-refractivity contribution in [2.75, 3.05) is 12.3 Å². The van der Waals surface area contributed by atoms with Crippen LogP contribution in [0.3, 0.4) is 0 Å². The quantitative estimate of drug-likeness (QED) is 0.434. The third kappa shape index (κ3) is 9.29. The summed E-state index contributed by atoms with van der Waals surface area (Å²) < 4.78 is 16.5. The number of ether oxygens (including phenoxy) is 3. The van der Waals surface area contributed by atoms with Gasteiger partial charge in [-0.3, -0.25) is 9.59 Å². The van der Waals surface area contributed by atoms with Gasteiger partial charge in [-0.1, -0.05) is 13.8 Å². The molecule has 9 heteroatoms. The summed E-state index contributed by atoms with van der Waals surface area (Å²) in [6, 6.07) is 4.39. The minimum absolute atomic E-state index is 0.0290. The molecule has 1 heterocycles. The number of hydrogen-bond acceptors (Lipinski definition) is 7. The van der Waals surface area contributed by atoms with E-state index in [9.17, 15) is 19.5 Å². The van der Waals surface area contributed by atoms with Crippen LogP contribution in [0.25, 0.3) is 0 Å². The number of aromatic carboxylic acids is 1. The fraction of sp³-hybridized carbons (Fsp3) is 0.550. The van der Waals surface area contributed by atoms with E-state index in [0.29, 0.717) is 38.0 Å². The highest BCUT2D eigenvalue weighted by atomic mass is 16.7. The van der Waals surface area contributed by atoms with Crippen molar-refractivity contribution >= 4 is 23.6 Å². The van der Waals surface area contributed by atoms with E-state index in [1.807, 2.05) is 13.8 Å². The summed E-state index contributed by atoms with van der Waals surface area (Å²) in [6.45, 7) is 4.13. The number of anilines is 1. The normalized spacial score (nSPS) is 18.1. The van der Waals surface area contributed by atoms with E-state index < -0.39 is 18.2 Å². The largest absolute Gasteiger partial charge is 0.481 e. The smallest absolute Gasteiger partial charge is 0.339 e. The molecule has 0 spiro atoms. The first-order valence-electron chi connectivity index (χ1n) is 9.59. The van der Waals surface area contributed by atoms with Crippen molar-refractivity contribution in [1.82, 2.24) is 0 Å². The fourth-order valence-electron chi connectivity index (χ4n) is 2.54. The number of rotatable bonds is 8. The third-order valence-electron chi connectivity index (χ3n) is 3.91. The number of benzene rings is 1. The van der Waals surface area contributed by atoms with Gasteiger partial charge in [0.1, 0.15) is 17.4 Å². The molecule has 1 aromatic carbocycles. The maximum Gasteiger partial charge on any atom is 0.339 e. The van der Waals surface area contributed by atoms with Gasteiger partial charge in [-0.2, -0.15) is 0 Å². The summed E-state index contributed by atoms with van der Waals surface area (Å²) in [7, 11) is 0. The Hall–Kier alpha value is -2.81. The molecule has 0 saturated carbocycles. The Bertz CT molecular complexity index is 691. The van der Waals surface area contributed by atoms with Gasteiger partial charge in [0, 0.05) is 31.4 Å². The number of carboxylic acid groups (broad SMARTS) is 2. The first kappa shape index (κ1) is 24.2. The van der Waals surface area contributed by atoms with Crippen LogP contribution in [-0.2, 0) is 19.1 Å². The molecule has 1 aliphatic heterocycles. The van der Waals surface area contributed by atoms with E-state index in [0.717, 1.165) is 12.8 Å². The van der Waals surface area contributed by atoms with Crippen LogP contribution in [0.1, 0.15) is 62.7 Å². The molecule has 9 nitrogen and oxygen atoms in total. The van der Waals surface area contributed by atoms with E-state index >= 15 is 0 Å². The van der Waals surface area contributed by atoms with Crippen LogP contribution in [0, 0.1) is 0 Å². The van der Waals surface area contributed by atoms with Crippen LogP contribution in [0.2, 0.25) is 0 Å². The summed E-state index contributed by atoms with van der Waals surface area (Å²) in [6.07, 6.45) is 2.15. The molecule has 29 heavy (non-hydrogen) atoms.